The standard InChI is InChI=1S/C17H21N3O3/c21-15(18-12-14-8-5-11-22-14)9-4-10-16-19-17(20-23-16)13-6-2-1-3-7-13/h1-3,6-7,14H,4-5,8-12H2,(H,18,21)/t14-/m0/s1. The molecule has 1 amide bonds. The van der Waals surface area contributed by atoms with Gasteiger partial charge in [-0.2, -0.15) is 4.98 Å². The lowest BCUT2D eigenvalue weighted by molar-refractivity contribution is -0.121. The molecule has 0 saturated carbocycles. The van der Waals surface area contributed by atoms with Gasteiger partial charge in [0.15, 0.2) is 0 Å². The van der Waals surface area contributed by atoms with E-state index in [2.05, 4.69) is 15.5 Å². The van der Waals surface area contributed by atoms with Crippen LogP contribution in [0.2, 0.25) is 0 Å². The maximum Gasteiger partial charge on any atom is 0.226 e. The summed E-state index contributed by atoms with van der Waals surface area (Å²) < 4.78 is 10.7. The first kappa shape index (κ1) is 15.7. The van der Waals surface area contributed by atoms with Gasteiger partial charge in [0, 0.05) is 31.6 Å². The lowest BCUT2D eigenvalue weighted by Crippen LogP contribution is -2.31. The third-order valence-electron chi connectivity index (χ3n) is 3.85. The molecule has 2 heterocycles. The van der Waals surface area contributed by atoms with Crippen molar-refractivity contribution in [1.29, 1.82) is 0 Å². The summed E-state index contributed by atoms with van der Waals surface area (Å²) in [6, 6.07) is 9.69. The highest BCUT2D eigenvalue weighted by Crippen LogP contribution is 2.15. The summed E-state index contributed by atoms with van der Waals surface area (Å²) >= 11 is 0. The van der Waals surface area contributed by atoms with Gasteiger partial charge < -0.3 is 14.6 Å². The molecule has 1 aliphatic heterocycles. The maximum absolute atomic E-state index is 11.8. The number of benzene rings is 1. The van der Waals surface area contributed by atoms with Gasteiger partial charge in [-0.15, -0.1) is 0 Å². The van der Waals surface area contributed by atoms with Gasteiger partial charge in [-0.05, 0) is 19.3 Å². The van der Waals surface area contributed by atoms with Crippen LogP contribution in [0.15, 0.2) is 34.9 Å². The number of hydrogen-bond donors (Lipinski definition) is 1. The van der Waals surface area contributed by atoms with Crippen LogP contribution in [0, 0.1) is 0 Å². The maximum atomic E-state index is 11.8. The molecule has 1 fully saturated rings. The highest BCUT2D eigenvalue weighted by Gasteiger charge is 2.16. The number of rotatable bonds is 7. The Bertz CT molecular complexity index is 621. The normalized spacial score (nSPS) is 17.3. The topological polar surface area (TPSA) is 77.2 Å². The second kappa shape index (κ2) is 7.87. The monoisotopic (exact) mass is 315 g/mol. The highest BCUT2D eigenvalue weighted by atomic mass is 16.5. The van der Waals surface area contributed by atoms with Crippen molar-refractivity contribution in [3.05, 3.63) is 36.2 Å². The molecule has 0 spiro atoms. The second-order valence-electron chi connectivity index (χ2n) is 5.67. The number of nitrogens with one attached hydrogen (secondary N) is 1. The number of aromatic nitrogens is 2. The van der Waals surface area contributed by atoms with E-state index >= 15 is 0 Å². The predicted octanol–water partition coefficient (Wildman–Crippen LogP) is 2.35. The van der Waals surface area contributed by atoms with Crippen molar-refractivity contribution in [3.63, 3.8) is 0 Å². The molecule has 6 nitrogen and oxygen atoms in total. The largest absolute Gasteiger partial charge is 0.376 e. The molecule has 1 aromatic carbocycles. The van der Waals surface area contributed by atoms with Crippen LogP contribution in [-0.4, -0.2) is 35.3 Å². The van der Waals surface area contributed by atoms with Crippen molar-refractivity contribution in [2.24, 2.45) is 0 Å². The van der Waals surface area contributed by atoms with Gasteiger partial charge in [0.1, 0.15) is 0 Å². The third kappa shape index (κ3) is 4.63. The minimum atomic E-state index is 0.0447. The van der Waals surface area contributed by atoms with E-state index in [4.69, 9.17) is 9.26 Å². The molecule has 1 atom stereocenters. The first-order valence-electron chi connectivity index (χ1n) is 8.07. The highest BCUT2D eigenvalue weighted by molar-refractivity contribution is 5.75. The minimum Gasteiger partial charge on any atom is -0.376 e. The van der Waals surface area contributed by atoms with E-state index in [1.807, 2.05) is 30.3 Å². The lowest BCUT2D eigenvalue weighted by atomic mass is 10.2. The van der Waals surface area contributed by atoms with Crippen LogP contribution in [0.5, 0.6) is 0 Å². The molecule has 2 aromatic rings. The van der Waals surface area contributed by atoms with Crippen molar-refractivity contribution in [2.45, 2.75) is 38.2 Å². The SMILES string of the molecule is O=C(CCCc1nc(-c2ccccc2)no1)NC[C@@H]1CCCO1. The summed E-state index contributed by atoms with van der Waals surface area (Å²) in [5, 5.41) is 6.88. The van der Waals surface area contributed by atoms with E-state index in [0.29, 0.717) is 37.5 Å². The Hall–Kier alpha value is -2.21. The van der Waals surface area contributed by atoms with Crippen molar-refractivity contribution in [2.75, 3.05) is 13.2 Å². The van der Waals surface area contributed by atoms with E-state index in [9.17, 15) is 4.79 Å². The molecular weight excluding hydrogens is 294 g/mol. The molecule has 1 N–H and O–H groups in total. The summed E-state index contributed by atoms with van der Waals surface area (Å²) in [4.78, 5) is 16.1. The van der Waals surface area contributed by atoms with E-state index in [-0.39, 0.29) is 12.0 Å². The Morgan fingerprint density at radius 3 is 2.96 bits per heavy atom. The zero-order chi connectivity index (χ0) is 15.9. The average molecular weight is 315 g/mol. The van der Waals surface area contributed by atoms with Gasteiger partial charge in [-0.3, -0.25) is 4.79 Å². The third-order valence-corrected chi connectivity index (χ3v) is 3.85. The molecule has 0 unspecified atom stereocenters. The molecule has 23 heavy (non-hydrogen) atoms. The van der Waals surface area contributed by atoms with Crippen LogP contribution < -0.4 is 5.32 Å². The van der Waals surface area contributed by atoms with Crippen LogP contribution in [0.25, 0.3) is 11.4 Å². The van der Waals surface area contributed by atoms with E-state index in [0.717, 1.165) is 25.0 Å². The van der Waals surface area contributed by atoms with Gasteiger partial charge in [0.2, 0.25) is 17.6 Å². The average Bonchev–Trinajstić information content (AvgIpc) is 3.26. The minimum absolute atomic E-state index is 0.0447. The fourth-order valence-corrected chi connectivity index (χ4v) is 2.58. The number of carbonyl (C=O) groups excluding carboxylic acids is 1. The summed E-state index contributed by atoms with van der Waals surface area (Å²) in [5.41, 5.74) is 0.928. The molecule has 0 bridgehead atoms. The quantitative estimate of drug-likeness (QED) is 0.848. The van der Waals surface area contributed by atoms with Crippen molar-refractivity contribution in [1.82, 2.24) is 15.5 Å². The van der Waals surface area contributed by atoms with Crippen LogP contribution in [0.4, 0.5) is 0 Å². The van der Waals surface area contributed by atoms with Gasteiger partial charge in [-0.25, -0.2) is 0 Å². The zero-order valence-electron chi connectivity index (χ0n) is 13.0. The van der Waals surface area contributed by atoms with E-state index in [1.165, 1.54) is 0 Å². The van der Waals surface area contributed by atoms with Gasteiger partial charge in [0.05, 0.1) is 6.10 Å². The molecule has 1 saturated heterocycles. The predicted molar refractivity (Wildman–Crippen MR) is 84.7 cm³/mol. The summed E-state index contributed by atoms with van der Waals surface area (Å²) in [6.45, 7) is 1.42. The summed E-state index contributed by atoms with van der Waals surface area (Å²) in [7, 11) is 0. The van der Waals surface area contributed by atoms with Crippen LogP contribution in [-0.2, 0) is 16.0 Å². The lowest BCUT2D eigenvalue weighted by Gasteiger charge is -2.10. The summed E-state index contributed by atoms with van der Waals surface area (Å²) in [5.74, 6) is 1.20. The first-order chi connectivity index (χ1) is 11.3. The first-order valence-corrected chi connectivity index (χ1v) is 8.07. The number of carbonyl (C=O) groups is 1. The Kier molecular flexibility index (Phi) is 5.37. The Balaban J connectivity index is 1.39. The number of amides is 1. The van der Waals surface area contributed by atoms with Crippen molar-refractivity contribution in [3.8, 4) is 11.4 Å². The van der Waals surface area contributed by atoms with E-state index < -0.39 is 0 Å². The molecule has 1 aromatic heterocycles. The number of ether oxygens (including phenoxy) is 1. The van der Waals surface area contributed by atoms with Crippen LogP contribution in [0.3, 0.4) is 0 Å². The molecular formula is C17H21N3O3. The van der Waals surface area contributed by atoms with Crippen molar-refractivity contribution >= 4 is 5.91 Å². The molecule has 3 rings (SSSR count). The van der Waals surface area contributed by atoms with Gasteiger partial charge in [-0.1, -0.05) is 35.5 Å². The smallest absolute Gasteiger partial charge is 0.226 e. The molecule has 0 radical (unpaired) electrons. The Morgan fingerprint density at radius 2 is 2.17 bits per heavy atom. The Labute approximate surface area is 135 Å². The summed E-state index contributed by atoms with van der Waals surface area (Å²) in [6.07, 6.45) is 4.05. The van der Waals surface area contributed by atoms with Crippen molar-refractivity contribution < 1.29 is 14.1 Å². The fraction of sp³-hybridized carbons (Fsp3) is 0.471. The molecule has 6 heteroatoms. The van der Waals surface area contributed by atoms with Crippen LogP contribution >= 0.6 is 0 Å². The molecule has 1 aliphatic rings. The number of hydrogen-bond acceptors (Lipinski definition) is 5. The molecule has 0 aliphatic carbocycles. The zero-order valence-corrected chi connectivity index (χ0v) is 13.0. The second-order valence-corrected chi connectivity index (χ2v) is 5.67. The van der Waals surface area contributed by atoms with E-state index in [1.54, 1.807) is 0 Å². The Morgan fingerprint density at radius 1 is 1.30 bits per heavy atom. The molecule has 122 valence electrons. The number of aryl methyl sites for hydroxylation is 1. The van der Waals surface area contributed by atoms with Crippen LogP contribution in [0.1, 0.15) is 31.6 Å². The van der Waals surface area contributed by atoms with Gasteiger partial charge in [0.25, 0.3) is 0 Å². The van der Waals surface area contributed by atoms with Gasteiger partial charge >= 0.3 is 0 Å². The fourth-order valence-electron chi connectivity index (χ4n) is 2.58. The number of nitrogens with zero attached hydrogens (tertiary/aromatic N) is 2.